The number of nitrogens with one attached hydrogen (secondary N) is 1. The zero-order valence-corrected chi connectivity index (χ0v) is 16.9. The topological polar surface area (TPSA) is 78.9 Å². The lowest BCUT2D eigenvalue weighted by Gasteiger charge is -2.23. The highest BCUT2D eigenvalue weighted by atomic mass is 35.5. The van der Waals surface area contributed by atoms with E-state index >= 15 is 0 Å². The first-order chi connectivity index (χ1) is 14.4. The summed E-state index contributed by atoms with van der Waals surface area (Å²) in [5.41, 5.74) is -0.204. The van der Waals surface area contributed by atoms with Crippen molar-refractivity contribution in [2.45, 2.75) is 5.60 Å². The van der Waals surface area contributed by atoms with E-state index < -0.39 is 17.4 Å². The first-order valence-corrected chi connectivity index (χ1v) is 9.65. The van der Waals surface area contributed by atoms with Crippen LogP contribution in [0.2, 0.25) is 5.02 Å². The molecular formula is C23H19ClN2O4. The quantitative estimate of drug-likeness (QED) is 0.658. The Morgan fingerprint density at radius 1 is 1.10 bits per heavy atom. The molecule has 3 aromatic rings. The van der Waals surface area contributed by atoms with E-state index in [-0.39, 0.29) is 6.54 Å². The minimum atomic E-state index is -1.92. The van der Waals surface area contributed by atoms with Gasteiger partial charge in [0.25, 0.3) is 5.91 Å². The fourth-order valence-corrected chi connectivity index (χ4v) is 3.86. The van der Waals surface area contributed by atoms with E-state index in [1.807, 2.05) is 0 Å². The fraction of sp³-hybridized carbons (Fsp3) is 0.130. The summed E-state index contributed by atoms with van der Waals surface area (Å²) in [6.45, 7) is -0.267. The van der Waals surface area contributed by atoms with Gasteiger partial charge in [-0.25, -0.2) is 0 Å². The molecule has 6 nitrogen and oxygen atoms in total. The van der Waals surface area contributed by atoms with Crippen molar-refractivity contribution in [2.75, 3.05) is 23.9 Å². The normalized spacial score (nSPS) is 17.6. The van der Waals surface area contributed by atoms with Gasteiger partial charge in [-0.3, -0.25) is 14.5 Å². The maximum Gasteiger partial charge on any atom is 0.268 e. The number of aliphatic hydroxyl groups is 1. The molecule has 0 saturated heterocycles. The monoisotopic (exact) mass is 422 g/mol. The first-order valence-electron chi connectivity index (χ1n) is 9.28. The van der Waals surface area contributed by atoms with Crippen LogP contribution in [-0.2, 0) is 15.2 Å². The maximum absolute atomic E-state index is 13.3. The molecule has 4 rings (SSSR count). The Morgan fingerprint density at radius 3 is 2.60 bits per heavy atom. The number of ether oxygens (including phenoxy) is 1. The van der Waals surface area contributed by atoms with E-state index in [4.69, 9.17) is 16.3 Å². The van der Waals surface area contributed by atoms with Gasteiger partial charge in [0.05, 0.1) is 18.5 Å². The largest absolute Gasteiger partial charge is 0.495 e. The van der Waals surface area contributed by atoms with Crippen LogP contribution < -0.4 is 15.0 Å². The van der Waals surface area contributed by atoms with Crippen LogP contribution in [0.1, 0.15) is 11.1 Å². The Hall–Kier alpha value is -3.35. The lowest BCUT2D eigenvalue weighted by molar-refractivity contribution is -0.133. The summed E-state index contributed by atoms with van der Waals surface area (Å²) in [5, 5.41) is 14.6. The molecule has 3 aromatic carbocycles. The van der Waals surface area contributed by atoms with Crippen molar-refractivity contribution in [2.24, 2.45) is 0 Å². The highest BCUT2D eigenvalue weighted by molar-refractivity contribution is 6.30. The fourth-order valence-electron chi connectivity index (χ4n) is 3.67. The van der Waals surface area contributed by atoms with Crippen molar-refractivity contribution in [3.8, 4) is 5.75 Å². The summed E-state index contributed by atoms with van der Waals surface area (Å²) in [4.78, 5) is 27.3. The van der Waals surface area contributed by atoms with E-state index in [9.17, 15) is 14.7 Å². The zero-order valence-electron chi connectivity index (χ0n) is 16.1. The van der Waals surface area contributed by atoms with Crippen LogP contribution in [0.3, 0.4) is 0 Å². The number of anilines is 2. The summed E-state index contributed by atoms with van der Waals surface area (Å²) in [5.74, 6) is -0.520. The number of amides is 2. The van der Waals surface area contributed by atoms with Crippen LogP contribution in [0.4, 0.5) is 11.4 Å². The highest BCUT2D eigenvalue weighted by Crippen LogP contribution is 2.44. The van der Waals surface area contributed by atoms with Gasteiger partial charge in [0, 0.05) is 10.6 Å². The standard InChI is InChI=1S/C23H19ClN2O4/c1-30-20-12-5-3-10-18(20)25-21(27)14-26-19-11-4-2-9-17(19)23(29,22(26)28)15-7-6-8-16(24)13-15/h2-13,29H,14H2,1H3,(H,25,27). The number of fused-ring (bicyclic) bond motifs is 1. The van der Waals surface area contributed by atoms with Crippen LogP contribution in [0.25, 0.3) is 0 Å². The van der Waals surface area contributed by atoms with E-state index in [0.29, 0.717) is 33.3 Å². The average molecular weight is 423 g/mol. The molecule has 0 fully saturated rings. The number of nitrogens with zero attached hydrogens (tertiary/aromatic N) is 1. The maximum atomic E-state index is 13.3. The second kappa shape index (κ2) is 7.82. The number of carbonyl (C=O) groups is 2. The molecule has 0 bridgehead atoms. The first kappa shape index (κ1) is 19.9. The van der Waals surface area contributed by atoms with Crippen molar-refractivity contribution in [3.63, 3.8) is 0 Å². The molecule has 2 N–H and O–H groups in total. The molecule has 2 amide bonds. The predicted octanol–water partition coefficient (Wildman–Crippen LogP) is 3.57. The van der Waals surface area contributed by atoms with Crippen molar-refractivity contribution < 1.29 is 19.4 Å². The lowest BCUT2D eigenvalue weighted by atomic mass is 9.87. The van der Waals surface area contributed by atoms with Gasteiger partial charge in [-0.1, -0.05) is 54.1 Å². The summed E-state index contributed by atoms with van der Waals surface area (Å²) in [6, 6.07) is 20.4. The number of hydrogen-bond donors (Lipinski definition) is 2. The second-order valence-corrected chi connectivity index (χ2v) is 7.31. The molecule has 0 aromatic heterocycles. The minimum Gasteiger partial charge on any atom is -0.495 e. The van der Waals surface area contributed by atoms with Gasteiger partial charge in [-0.15, -0.1) is 0 Å². The van der Waals surface area contributed by atoms with Crippen LogP contribution in [0, 0.1) is 0 Å². The Bertz CT molecular complexity index is 1130. The van der Waals surface area contributed by atoms with Gasteiger partial charge in [0.15, 0.2) is 5.60 Å². The lowest BCUT2D eigenvalue weighted by Crippen LogP contribution is -2.44. The smallest absolute Gasteiger partial charge is 0.268 e. The molecule has 1 aliphatic heterocycles. The highest BCUT2D eigenvalue weighted by Gasteiger charge is 2.51. The second-order valence-electron chi connectivity index (χ2n) is 6.88. The molecule has 152 valence electrons. The average Bonchev–Trinajstić information content (AvgIpc) is 2.97. The summed E-state index contributed by atoms with van der Waals surface area (Å²) in [7, 11) is 1.51. The molecule has 0 spiro atoms. The van der Waals surface area contributed by atoms with E-state index in [2.05, 4.69) is 5.32 Å². The van der Waals surface area contributed by atoms with Gasteiger partial charge in [-0.2, -0.15) is 0 Å². The summed E-state index contributed by atoms with van der Waals surface area (Å²) in [6.07, 6.45) is 0. The van der Waals surface area contributed by atoms with E-state index in [1.165, 1.54) is 12.0 Å². The van der Waals surface area contributed by atoms with Gasteiger partial charge < -0.3 is 15.2 Å². The third-order valence-electron chi connectivity index (χ3n) is 5.06. The van der Waals surface area contributed by atoms with Crippen LogP contribution >= 0.6 is 11.6 Å². The SMILES string of the molecule is COc1ccccc1NC(=O)CN1C(=O)C(O)(c2cccc(Cl)c2)c2ccccc21. The van der Waals surface area contributed by atoms with Crippen molar-refractivity contribution in [3.05, 3.63) is 88.9 Å². The van der Waals surface area contributed by atoms with Crippen LogP contribution in [0.5, 0.6) is 5.75 Å². The Labute approximate surface area is 178 Å². The van der Waals surface area contributed by atoms with Crippen LogP contribution in [0.15, 0.2) is 72.8 Å². The summed E-state index contributed by atoms with van der Waals surface area (Å²) >= 11 is 6.09. The third-order valence-corrected chi connectivity index (χ3v) is 5.30. The Morgan fingerprint density at radius 2 is 1.83 bits per heavy atom. The minimum absolute atomic E-state index is 0.267. The van der Waals surface area contributed by atoms with Gasteiger partial charge >= 0.3 is 0 Å². The molecule has 0 radical (unpaired) electrons. The molecule has 1 aliphatic rings. The number of para-hydroxylation sites is 3. The number of hydrogen-bond acceptors (Lipinski definition) is 4. The van der Waals surface area contributed by atoms with Gasteiger partial charge in [-0.05, 0) is 35.9 Å². The number of benzene rings is 3. The number of halogens is 1. The Kier molecular flexibility index (Phi) is 5.20. The molecule has 7 heteroatoms. The molecule has 0 aliphatic carbocycles. The number of rotatable bonds is 5. The van der Waals surface area contributed by atoms with Crippen molar-refractivity contribution in [1.82, 2.24) is 0 Å². The molecule has 1 unspecified atom stereocenters. The molecule has 1 atom stereocenters. The molecule has 1 heterocycles. The molecule has 30 heavy (non-hydrogen) atoms. The van der Waals surface area contributed by atoms with E-state index in [1.54, 1.807) is 72.8 Å². The van der Waals surface area contributed by atoms with Crippen molar-refractivity contribution >= 4 is 34.8 Å². The van der Waals surface area contributed by atoms with Gasteiger partial charge in [0.1, 0.15) is 12.3 Å². The zero-order chi connectivity index (χ0) is 21.3. The van der Waals surface area contributed by atoms with E-state index in [0.717, 1.165) is 0 Å². The number of carbonyl (C=O) groups excluding carboxylic acids is 2. The molecule has 0 saturated carbocycles. The van der Waals surface area contributed by atoms with Gasteiger partial charge in [0.2, 0.25) is 5.91 Å². The Balaban J connectivity index is 1.66. The third kappa shape index (κ3) is 3.30. The van der Waals surface area contributed by atoms with Crippen molar-refractivity contribution in [1.29, 1.82) is 0 Å². The van der Waals surface area contributed by atoms with Crippen LogP contribution in [-0.4, -0.2) is 30.6 Å². The number of methoxy groups -OCH3 is 1. The summed E-state index contributed by atoms with van der Waals surface area (Å²) < 4.78 is 5.25. The molecular weight excluding hydrogens is 404 g/mol. The predicted molar refractivity (Wildman–Crippen MR) is 115 cm³/mol.